The molecule has 110 valence electrons. The van der Waals surface area contributed by atoms with Crippen molar-refractivity contribution in [3.63, 3.8) is 0 Å². The van der Waals surface area contributed by atoms with Crippen LogP contribution in [0.2, 0.25) is 0 Å². The number of carboxylic acids is 1. The Bertz CT molecular complexity index is 455. The van der Waals surface area contributed by atoms with Crippen molar-refractivity contribution in [2.45, 2.75) is 27.3 Å². The summed E-state index contributed by atoms with van der Waals surface area (Å²) in [6.45, 7) is 6.43. The second kappa shape index (κ2) is 7.53. The Kier molecular flexibility index (Phi) is 6.03. The Morgan fingerprint density at radius 1 is 1.25 bits per heavy atom. The monoisotopic (exact) mass is 278 g/mol. The number of urea groups is 1. The van der Waals surface area contributed by atoms with Crippen LogP contribution in [0.5, 0.6) is 0 Å². The lowest BCUT2D eigenvalue weighted by molar-refractivity contribution is -0.137. The quantitative estimate of drug-likeness (QED) is 0.838. The van der Waals surface area contributed by atoms with Gasteiger partial charge in [0.15, 0.2) is 0 Å². The zero-order valence-electron chi connectivity index (χ0n) is 12.2. The molecule has 0 spiro atoms. The van der Waals surface area contributed by atoms with Gasteiger partial charge in [0.25, 0.3) is 0 Å². The molecule has 0 aliphatic carbocycles. The number of carboxylic acid groups (broad SMARTS) is 1. The zero-order chi connectivity index (χ0) is 15.1. The third-order valence-corrected chi connectivity index (χ3v) is 2.76. The first kappa shape index (κ1) is 16.0. The number of hydrogen-bond donors (Lipinski definition) is 2. The average molecular weight is 278 g/mol. The second-order valence-electron chi connectivity index (χ2n) is 5.31. The van der Waals surface area contributed by atoms with Gasteiger partial charge >= 0.3 is 12.0 Å². The Morgan fingerprint density at radius 2 is 1.85 bits per heavy atom. The molecule has 0 fully saturated rings. The largest absolute Gasteiger partial charge is 0.480 e. The van der Waals surface area contributed by atoms with Crippen LogP contribution in [-0.2, 0) is 11.3 Å². The molecule has 0 aliphatic rings. The highest BCUT2D eigenvalue weighted by atomic mass is 16.4. The molecule has 5 nitrogen and oxygen atoms in total. The standard InChI is InChI=1S/C15H22N2O3/c1-11(2)9-17(10-14(18)19)15(20)16-8-13-6-4-12(3)5-7-13/h4-7,11H,8-10H2,1-3H3,(H,16,20)(H,18,19). The third kappa shape index (κ3) is 5.73. The number of rotatable bonds is 6. The zero-order valence-corrected chi connectivity index (χ0v) is 12.2. The minimum atomic E-state index is -1.00. The van der Waals surface area contributed by atoms with Crippen molar-refractivity contribution in [1.82, 2.24) is 10.2 Å². The summed E-state index contributed by atoms with van der Waals surface area (Å²) in [6, 6.07) is 7.50. The van der Waals surface area contributed by atoms with E-state index < -0.39 is 5.97 Å². The van der Waals surface area contributed by atoms with E-state index in [2.05, 4.69) is 5.32 Å². The Hall–Kier alpha value is -2.04. The van der Waals surface area contributed by atoms with E-state index in [9.17, 15) is 9.59 Å². The molecule has 2 amide bonds. The summed E-state index contributed by atoms with van der Waals surface area (Å²) in [5.74, 6) is -0.782. The van der Waals surface area contributed by atoms with E-state index >= 15 is 0 Å². The Balaban J connectivity index is 2.56. The number of nitrogens with one attached hydrogen (secondary N) is 1. The number of aryl methyl sites for hydroxylation is 1. The van der Waals surface area contributed by atoms with Gasteiger partial charge < -0.3 is 15.3 Å². The van der Waals surface area contributed by atoms with Gasteiger partial charge in [0, 0.05) is 13.1 Å². The van der Waals surface area contributed by atoms with Crippen LogP contribution in [-0.4, -0.2) is 35.1 Å². The molecular formula is C15H22N2O3. The third-order valence-electron chi connectivity index (χ3n) is 2.76. The molecule has 2 N–H and O–H groups in total. The van der Waals surface area contributed by atoms with Crippen molar-refractivity contribution in [1.29, 1.82) is 0 Å². The van der Waals surface area contributed by atoms with Crippen molar-refractivity contribution in [2.24, 2.45) is 5.92 Å². The Labute approximate surface area is 119 Å². The van der Waals surface area contributed by atoms with E-state index in [-0.39, 0.29) is 18.5 Å². The van der Waals surface area contributed by atoms with Gasteiger partial charge in [0.2, 0.25) is 0 Å². The van der Waals surface area contributed by atoms with E-state index in [4.69, 9.17) is 5.11 Å². The summed E-state index contributed by atoms with van der Waals surface area (Å²) in [6.07, 6.45) is 0. The summed E-state index contributed by atoms with van der Waals surface area (Å²) in [5.41, 5.74) is 2.15. The molecule has 0 saturated heterocycles. The van der Waals surface area contributed by atoms with Gasteiger partial charge in [-0.15, -0.1) is 0 Å². The lowest BCUT2D eigenvalue weighted by atomic mass is 10.1. The number of carbonyl (C=O) groups excluding carboxylic acids is 1. The first-order valence-electron chi connectivity index (χ1n) is 6.68. The van der Waals surface area contributed by atoms with Crippen LogP contribution in [0.25, 0.3) is 0 Å². The summed E-state index contributed by atoms with van der Waals surface area (Å²) in [4.78, 5) is 24.1. The summed E-state index contributed by atoms with van der Waals surface area (Å²) < 4.78 is 0. The molecule has 0 saturated carbocycles. The van der Waals surface area contributed by atoms with Crippen LogP contribution in [0.1, 0.15) is 25.0 Å². The van der Waals surface area contributed by atoms with Gasteiger partial charge in [-0.3, -0.25) is 4.79 Å². The molecule has 0 unspecified atom stereocenters. The molecule has 20 heavy (non-hydrogen) atoms. The summed E-state index contributed by atoms with van der Waals surface area (Å²) in [7, 11) is 0. The minimum Gasteiger partial charge on any atom is -0.480 e. The SMILES string of the molecule is Cc1ccc(CNC(=O)N(CC(=O)O)CC(C)C)cc1. The molecule has 0 atom stereocenters. The molecule has 5 heteroatoms. The Morgan fingerprint density at radius 3 is 2.35 bits per heavy atom. The molecule has 1 rings (SSSR count). The molecule has 0 bridgehead atoms. The van der Waals surface area contributed by atoms with Crippen LogP contribution in [0.15, 0.2) is 24.3 Å². The highest BCUT2D eigenvalue weighted by molar-refractivity contribution is 5.80. The van der Waals surface area contributed by atoms with E-state index in [0.717, 1.165) is 11.1 Å². The minimum absolute atomic E-state index is 0.222. The van der Waals surface area contributed by atoms with E-state index in [1.807, 2.05) is 45.0 Å². The molecule has 0 aliphatic heterocycles. The molecule has 0 heterocycles. The van der Waals surface area contributed by atoms with Crippen LogP contribution in [0.3, 0.4) is 0 Å². The average Bonchev–Trinajstić information content (AvgIpc) is 2.36. The second-order valence-corrected chi connectivity index (χ2v) is 5.31. The fraction of sp³-hybridized carbons (Fsp3) is 0.467. The predicted molar refractivity (Wildman–Crippen MR) is 77.5 cm³/mol. The maximum atomic E-state index is 12.0. The van der Waals surface area contributed by atoms with Gasteiger partial charge in [-0.05, 0) is 18.4 Å². The van der Waals surface area contributed by atoms with Gasteiger partial charge in [-0.1, -0.05) is 43.7 Å². The lowest BCUT2D eigenvalue weighted by Gasteiger charge is -2.23. The van der Waals surface area contributed by atoms with Crippen LogP contribution in [0, 0.1) is 12.8 Å². The summed E-state index contributed by atoms with van der Waals surface area (Å²) in [5, 5.41) is 11.6. The highest BCUT2D eigenvalue weighted by Gasteiger charge is 2.17. The number of hydrogen-bond acceptors (Lipinski definition) is 2. The van der Waals surface area contributed by atoms with Crippen molar-refractivity contribution >= 4 is 12.0 Å². The number of carbonyl (C=O) groups is 2. The fourth-order valence-electron chi connectivity index (χ4n) is 1.82. The van der Waals surface area contributed by atoms with Crippen LogP contribution >= 0.6 is 0 Å². The van der Waals surface area contributed by atoms with E-state index in [1.54, 1.807) is 0 Å². The first-order chi connectivity index (χ1) is 9.38. The van der Waals surface area contributed by atoms with Crippen molar-refractivity contribution in [2.75, 3.05) is 13.1 Å². The van der Waals surface area contributed by atoms with Gasteiger partial charge in [0.1, 0.15) is 6.54 Å². The maximum Gasteiger partial charge on any atom is 0.323 e. The maximum absolute atomic E-state index is 12.0. The normalized spacial score (nSPS) is 10.4. The molecule has 0 radical (unpaired) electrons. The molecule has 1 aromatic carbocycles. The number of nitrogens with zero attached hydrogens (tertiary/aromatic N) is 1. The lowest BCUT2D eigenvalue weighted by Crippen LogP contribution is -2.44. The molecular weight excluding hydrogens is 256 g/mol. The number of benzene rings is 1. The predicted octanol–water partition coefficient (Wildman–Crippen LogP) is 2.25. The van der Waals surface area contributed by atoms with Gasteiger partial charge in [0.05, 0.1) is 0 Å². The van der Waals surface area contributed by atoms with Crippen molar-refractivity contribution < 1.29 is 14.7 Å². The number of amides is 2. The van der Waals surface area contributed by atoms with Crippen molar-refractivity contribution in [3.05, 3.63) is 35.4 Å². The topological polar surface area (TPSA) is 69.6 Å². The molecule has 0 aromatic heterocycles. The number of aliphatic carboxylic acids is 1. The smallest absolute Gasteiger partial charge is 0.323 e. The van der Waals surface area contributed by atoms with Gasteiger partial charge in [-0.25, -0.2) is 4.79 Å². The van der Waals surface area contributed by atoms with E-state index in [1.165, 1.54) is 4.90 Å². The summed E-state index contributed by atoms with van der Waals surface area (Å²) >= 11 is 0. The van der Waals surface area contributed by atoms with E-state index in [0.29, 0.717) is 13.1 Å². The van der Waals surface area contributed by atoms with Crippen molar-refractivity contribution in [3.8, 4) is 0 Å². The van der Waals surface area contributed by atoms with Gasteiger partial charge in [-0.2, -0.15) is 0 Å². The fourth-order valence-corrected chi connectivity index (χ4v) is 1.82. The van der Waals surface area contributed by atoms with Crippen LogP contribution in [0.4, 0.5) is 4.79 Å². The first-order valence-corrected chi connectivity index (χ1v) is 6.68. The van der Waals surface area contributed by atoms with Crippen LogP contribution < -0.4 is 5.32 Å². The molecule has 1 aromatic rings. The highest BCUT2D eigenvalue weighted by Crippen LogP contribution is 2.04.